The maximum absolute atomic E-state index is 10.6. The molecule has 0 saturated heterocycles. The molecule has 2 N–H and O–H groups in total. The molecule has 0 aliphatic rings. The monoisotopic (exact) mass is 243 g/mol. The minimum absolute atomic E-state index is 0.165. The highest BCUT2D eigenvalue weighted by atomic mass is 16.5. The molecule has 0 spiro atoms. The summed E-state index contributed by atoms with van der Waals surface area (Å²) in [5.41, 5.74) is 0.165. The number of carbonyl (C=O) groups is 1. The summed E-state index contributed by atoms with van der Waals surface area (Å²) < 4.78 is 15.1. The Morgan fingerprint density at radius 2 is 2.29 bits per heavy atom. The molecule has 0 atom stereocenters. The molecule has 1 heterocycles. The van der Waals surface area contributed by atoms with E-state index in [1.807, 2.05) is 0 Å². The molecule has 96 valence electrons. The van der Waals surface area contributed by atoms with Gasteiger partial charge in [-0.15, -0.1) is 0 Å². The first kappa shape index (κ1) is 13.7. The van der Waals surface area contributed by atoms with Gasteiger partial charge in [0.05, 0.1) is 31.9 Å². The van der Waals surface area contributed by atoms with Crippen molar-refractivity contribution >= 4 is 5.97 Å². The lowest BCUT2D eigenvalue weighted by atomic mass is 10.3. The van der Waals surface area contributed by atoms with Gasteiger partial charge >= 0.3 is 5.97 Å². The van der Waals surface area contributed by atoms with E-state index in [0.717, 1.165) is 0 Å². The standard InChI is InChI=1S/C11H17NO5/c1-15-4-5-16-3-2-12-7-10-6-9(8-17-10)11(13)14/h6,8,12H,2-5,7H2,1H3,(H,13,14). The molecule has 0 fully saturated rings. The van der Waals surface area contributed by atoms with Crippen LogP contribution in [0.5, 0.6) is 0 Å². The lowest BCUT2D eigenvalue weighted by molar-refractivity contribution is 0.0696. The number of rotatable bonds is 9. The topological polar surface area (TPSA) is 80.9 Å². The second-order valence-corrected chi connectivity index (χ2v) is 3.39. The molecule has 6 nitrogen and oxygen atoms in total. The molecule has 1 rings (SSSR count). The first-order valence-corrected chi connectivity index (χ1v) is 5.32. The molecule has 0 unspecified atom stereocenters. The van der Waals surface area contributed by atoms with Crippen molar-refractivity contribution in [3.63, 3.8) is 0 Å². The number of carboxylic acid groups (broad SMARTS) is 1. The lowest BCUT2D eigenvalue weighted by Gasteiger charge is -2.04. The van der Waals surface area contributed by atoms with Gasteiger partial charge < -0.3 is 24.3 Å². The van der Waals surface area contributed by atoms with Crippen LogP contribution in [0.15, 0.2) is 16.7 Å². The summed E-state index contributed by atoms with van der Waals surface area (Å²) in [5, 5.41) is 11.8. The van der Waals surface area contributed by atoms with Gasteiger partial charge in [-0.25, -0.2) is 4.79 Å². The minimum atomic E-state index is -0.983. The van der Waals surface area contributed by atoms with Gasteiger partial charge in [0, 0.05) is 13.7 Å². The Balaban J connectivity index is 2.07. The maximum atomic E-state index is 10.6. The van der Waals surface area contributed by atoms with Gasteiger partial charge in [0.2, 0.25) is 0 Å². The van der Waals surface area contributed by atoms with E-state index in [-0.39, 0.29) is 5.56 Å². The summed E-state index contributed by atoms with van der Waals surface area (Å²) in [6.07, 6.45) is 1.23. The van der Waals surface area contributed by atoms with Gasteiger partial charge in [-0.1, -0.05) is 0 Å². The molecule has 6 heteroatoms. The quantitative estimate of drug-likeness (QED) is 0.622. The molecule has 0 radical (unpaired) electrons. The summed E-state index contributed by atoms with van der Waals surface area (Å²) in [4.78, 5) is 10.6. The summed E-state index contributed by atoms with van der Waals surface area (Å²) in [5.74, 6) is -0.387. The summed E-state index contributed by atoms with van der Waals surface area (Å²) >= 11 is 0. The molecule has 1 aromatic rings. The number of aromatic carboxylic acids is 1. The Morgan fingerprint density at radius 1 is 1.47 bits per heavy atom. The molecule has 0 bridgehead atoms. The van der Waals surface area contributed by atoms with Crippen molar-refractivity contribution in [3.8, 4) is 0 Å². The van der Waals surface area contributed by atoms with Gasteiger partial charge in [0.1, 0.15) is 12.0 Å². The van der Waals surface area contributed by atoms with Crippen molar-refractivity contribution in [1.82, 2.24) is 5.32 Å². The number of nitrogens with one attached hydrogen (secondary N) is 1. The zero-order chi connectivity index (χ0) is 12.5. The molecule has 1 aromatic heterocycles. The van der Waals surface area contributed by atoms with Crippen LogP contribution in [0.25, 0.3) is 0 Å². The van der Waals surface area contributed by atoms with E-state index >= 15 is 0 Å². The first-order chi connectivity index (χ1) is 8.24. The molecule has 0 amide bonds. The van der Waals surface area contributed by atoms with E-state index in [1.54, 1.807) is 7.11 Å². The van der Waals surface area contributed by atoms with Crippen molar-refractivity contribution in [2.75, 3.05) is 33.5 Å². The Bertz CT molecular complexity index is 336. The maximum Gasteiger partial charge on any atom is 0.338 e. The Kier molecular flexibility index (Phi) is 6.31. The highest BCUT2D eigenvalue weighted by Crippen LogP contribution is 2.06. The third-order valence-electron chi connectivity index (χ3n) is 2.05. The molecular weight excluding hydrogens is 226 g/mol. The highest BCUT2D eigenvalue weighted by molar-refractivity contribution is 5.87. The van der Waals surface area contributed by atoms with E-state index in [9.17, 15) is 4.79 Å². The summed E-state index contributed by atoms with van der Waals surface area (Å²) in [7, 11) is 1.62. The molecule has 17 heavy (non-hydrogen) atoms. The minimum Gasteiger partial charge on any atom is -0.478 e. The van der Waals surface area contributed by atoms with Gasteiger partial charge in [0.25, 0.3) is 0 Å². The van der Waals surface area contributed by atoms with Crippen molar-refractivity contribution in [2.45, 2.75) is 6.54 Å². The van der Waals surface area contributed by atoms with Crippen LogP contribution in [0.3, 0.4) is 0 Å². The van der Waals surface area contributed by atoms with E-state index in [2.05, 4.69) is 5.32 Å². The second kappa shape index (κ2) is 7.83. The largest absolute Gasteiger partial charge is 0.478 e. The smallest absolute Gasteiger partial charge is 0.338 e. The Labute approximate surface area is 99.5 Å². The predicted molar refractivity (Wildman–Crippen MR) is 60.1 cm³/mol. The third-order valence-corrected chi connectivity index (χ3v) is 2.05. The highest BCUT2D eigenvalue weighted by Gasteiger charge is 2.07. The van der Waals surface area contributed by atoms with Crippen LogP contribution < -0.4 is 5.32 Å². The van der Waals surface area contributed by atoms with Crippen LogP contribution >= 0.6 is 0 Å². The normalized spacial score (nSPS) is 10.6. The fourth-order valence-electron chi connectivity index (χ4n) is 1.19. The molecule has 0 aromatic carbocycles. The van der Waals surface area contributed by atoms with Crippen molar-refractivity contribution in [1.29, 1.82) is 0 Å². The van der Waals surface area contributed by atoms with Gasteiger partial charge in [-0.05, 0) is 6.07 Å². The van der Waals surface area contributed by atoms with Crippen LogP contribution in [-0.2, 0) is 16.0 Å². The summed E-state index contributed by atoms with van der Waals surface area (Å²) in [6, 6.07) is 1.50. The third kappa shape index (κ3) is 5.48. The molecule has 0 saturated carbocycles. The number of carboxylic acids is 1. The SMILES string of the molecule is COCCOCCNCc1cc(C(=O)O)co1. The van der Waals surface area contributed by atoms with Gasteiger partial charge in [-0.3, -0.25) is 0 Å². The second-order valence-electron chi connectivity index (χ2n) is 3.39. The average molecular weight is 243 g/mol. The van der Waals surface area contributed by atoms with E-state index in [1.165, 1.54) is 12.3 Å². The van der Waals surface area contributed by atoms with Gasteiger partial charge in [0.15, 0.2) is 0 Å². The fraction of sp³-hybridized carbons (Fsp3) is 0.545. The average Bonchev–Trinajstić information content (AvgIpc) is 2.77. The Morgan fingerprint density at radius 3 is 2.94 bits per heavy atom. The fourth-order valence-corrected chi connectivity index (χ4v) is 1.19. The van der Waals surface area contributed by atoms with E-state index < -0.39 is 5.97 Å². The first-order valence-electron chi connectivity index (χ1n) is 5.32. The zero-order valence-electron chi connectivity index (χ0n) is 9.77. The van der Waals surface area contributed by atoms with Crippen molar-refractivity contribution < 1.29 is 23.8 Å². The molecule has 0 aliphatic carbocycles. The lowest BCUT2D eigenvalue weighted by Crippen LogP contribution is -2.19. The number of hydrogen-bond acceptors (Lipinski definition) is 5. The van der Waals surface area contributed by atoms with Crippen LogP contribution in [-0.4, -0.2) is 44.6 Å². The number of ether oxygens (including phenoxy) is 2. The molecular formula is C11H17NO5. The Hall–Kier alpha value is -1.37. The number of furan rings is 1. The van der Waals surface area contributed by atoms with Gasteiger partial charge in [-0.2, -0.15) is 0 Å². The predicted octanol–water partition coefficient (Wildman–Crippen LogP) is 0.730. The van der Waals surface area contributed by atoms with Crippen LogP contribution in [0, 0.1) is 0 Å². The van der Waals surface area contributed by atoms with Crippen LogP contribution in [0.4, 0.5) is 0 Å². The number of methoxy groups -OCH3 is 1. The van der Waals surface area contributed by atoms with Crippen LogP contribution in [0.2, 0.25) is 0 Å². The summed E-state index contributed by atoms with van der Waals surface area (Å²) in [6.45, 7) is 2.89. The van der Waals surface area contributed by atoms with Crippen molar-refractivity contribution in [3.05, 3.63) is 23.7 Å². The van der Waals surface area contributed by atoms with Crippen molar-refractivity contribution in [2.24, 2.45) is 0 Å². The molecule has 0 aliphatic heterocycles. The number of hydrogen-bond donors (Lipinski definition) is 2. The van der Waals surface area contributed by atoms with E-state index in [0.29, 0.717) is 38.7 Å². The zero-order valence-corrected chi connectivity index (χ0v) is 9.77. The van der Waals surface area contributed by atoms with E-state index in [4.69, 9.17) is 19.0 Å². The van der Waals surface area contributed by atoms with Crippen LogP contribution in [0.1, 0.15) is 16.1 Å².